The van der Waals surface area contributed by atoms with Crippen LogP contribution in [0.2, 0.25) is 0 Å². The lowest BCUT2D eigenvalue weighted by atomic mass is 9.80. The molecular formula is C15H16O3. The Morgan fingerprint density at radius 1 is 1.28 bits per heavy atom. The van der Waals surface area contributed by atoms with Gasteiger partial charge in [-0.05, 0) is 36.8 Å². The molecule has 0 amide bonds. The minimum atomic E-state index is -0.579. The van der Waals surface area contributed by atoms with Gasteiger partial charge in [-0.3, -0.25) is 0 Å². The first-order valence-corrected chi connectivity index (χ1v) is 5.81. The number of benzene rings is 1. The van der Waals surface area contributed by atoms with Gasteiger partial charge in [0.2, 0.25) is 0 Å². The monoisotopic (exact) mass is 244 g/mol. The van der Waals surface area contributed by atoms with Crippen LogP contribution in [-0.4, -0.2) is 13.4 Å². The number of carbonyl (C=O) groups is 1. The van der Waals surface area contributed by atoms with Crippen molar-refractivity contribution in [3.05, 3.63) is 54.0 Å². The van der Waals surface area contributed by atoms with E-state index in [4.69, 9.17) is 9.15 Å². The van der Waals surface area contributed by atoms with Crippen molar-refractivity contribution in [2.75, 3.05) is 7.11 Å². The Bertz CT molecular complexity index is 499. The molecule has 2 rings (SSSR count). The Balaban J connectivity index is 2.27. The van der Waals surface area contributed by atoms with E-state index in [-0.39, 0.29) is 0 Å². The summed E-state index contributed by atoms with van der Waals surface area (Å²) in [7, 11) is 1.62. The second kappa shape index (κ2) is 5.08. The topological polar surface area (TPSA) is 39.4 Å². The number of carbonyl (C=O) groups excluding carboxylic acids is 1. The predicted octanol–water partition coefficient (Wildman–Crippen LogP) is 2.99. The lowest BCUT2D eigenvalue weighted by Crippen LogP contribution is -2.26. The molecule has 2 aromatic rings. The summed E-state index contributed by atoms with van der Waals surface area (Å²) in [6.45, 7) is 1.91. The SMILES string of the molecule is COc1ccc(C(C)(C=O)Cc2ccco2)cc1. The van der Waals surface area contributed by atoms with Crippen LogP contribution in [0.15, 0.2) is 47.1 Å². The fourth-order valence-electron chi connectivity index (χ4n) is 1.96. The zero-order valence-electron chi connectivity index (χ0n) is 10.6. The zero-order valence-corrected chi connectivity index (χ0v) is 10.6. The molecule has 1 heterocycles. The van der Waals surface area contributed by atoms with E-state index in [1.165, 1.54) is 0 Å². The Morgan fingerprint density at radius 2 is 2.00 bits per heavy atom. The molecule has 3 nitrogen and oxygen atoms in total. The maximum absolute atomic E-state index is 11.4. The summed E-state index contributed by atoms with van der Waals surface area (Å²) in [5.41, 5.74) is 0.374. The average Bonchev–Trinajstić information content (AvgIpc) is 2.91. The lowest BCUT2D eigenvalue weighted by molar-refractivity contribution is -0.112. The maximum Gasteiger partial charge on any atom is 0.130 e. The molecule has 0 saturated carbocycles. The van der Waals surface area contributed by atoms with Crippen molar-refractivity contribution in [2.45, 2.75) is 18.8 Å². The largest absolute Gasteiger partial charge is 0.497 e. The quantitative estimate of drug-likeness (QED) is 0.759. The third-order valence-corrected chi connectivity index (χ3v) is 3.13. The summed E-state index contributed by atoms with van der Waals surface area (Å²) in [4.78, 5) is 11.4. The summed E-state index contributed by atoms with van der Waals surface area (Å²) >= 11 is 0. The Kier molecular flexibility index (Phi) is 3.51. The Morgan fingerprint density at radius 3 is 2.50 bits per heavy atom. The van der Waals surface area contributed by atoms with Crippen molar-refractivity contribution in [3.63, 3.8) is 0 Å². The van der Waals surface area contributed by atoms with Crippen LogP contribution >= 0.6 is 0 Å². The standard InChI is InChI=1S/C15H16O3/c1-15(11-16,10-14-4-3-9-18-14)12-5-7-13(17-2)8-6-12/h3-9,11H,10H2,1-2H3. The van der Waals surface area contributed by atoms with Crippen LogP contribution in [0.3, 0.4) is 0 Å². The van der Waals surface area contributed by atoms with Crippen LogP contribution in [0.1, 0.15) is 18.2 Å². The van der Waals surface area contributed by atoms with E-state index in [1.54, 1.807) is 13.4 Å². The number of aldehydes is 1. The molecule has 0 spiro atoms. The van der Waals surface area contributed by atoms with Crippen molar-refractivity contribution in [1.29, 1.82) is 0 Å². The van der Waals surface area contributed by atoms with Crippen LogP contribution in [0.25, 0.3) is 0 Å². The normalized spacial score (nSPS) is 13.9. The van der Waals surface area contributed by atoms with Gasteiger partial charge >= 0.3 is 0 Å². The van der Waals surface area contributed by atoms with E-state index in [0.717, 1.165) is 23.4 Å². The van der Waals surface area contributed by atoms with Crippen molar-refractivity contribution in [3.8, 4) is 5.75 Å². The molecule has 1 unspecified atom stereocenters. The molecule has 1 atom stereocenters. The Hall–Kier alpha value is -2.03. The van der Waals surface area contributed by atoms with Crippen LogP contribution in [0.5, 0.6) is 5.75 Å². The molecular weight excluding hydrogens is 228 g/mol. The number of rotatable bonds is 5. The van der Waals surface area contributed by atoms with Crippen LogP contribution in [0.4, 0.5) is 0 Å². The zero-order chi connectivity index (χ0) is 13.0. The van der Waals surface area contributed by atoms with Gasteiger partial charge in [-0.25, -0.2) is 0 Å². The number of hydrogen-bond acceptors (Lipinski definition) is 3. The van der Waals surface area contributed by atoms with Gasteiger partial charge in [0.1, 0.15) is 17.8 Å². The summed E-state index contributed by atoms with van der Waals surface area (Å²) in [6, 6.07) is 11.3. The molecule has 0 saturated heterocycles. The smallest absolute Gasteiger partial charge is 0.130 e. The van der Waals surface area contributed by atoms with Crippen LogP contribution < -0.4 is 4.74 Å². The van der Waals surface area contributed by atoms with E-state index in [1.807, 2.05) is 43.3 Å². The molecule has 18 heavy (non-hydrogen) atoms. The molecule has 1 aromatic carbocycles. The van der Waals surface area contributed by atoms with Gasteiger partial charge in [-0.1, -0.05) is 12.1 Å². The number of ether oxygens (including phenoxy) is 1. The van der Waals surface area contributed by atoms with E-state index in [9.17, 15) is 4.79 Å². The van der Waals surface area contributed by atoms with E-state index in [2.05, 4.69) is 0 Å². The minimum Gasteiger partial charge on any atom is -0.497 e. The average molecular weight is 244 g/mol. The third-order valence-electron chi connectivity index (χ3n) is 3.13. The van der Waals surface area contributed by atoms with E-state index < -0.39 is 5.41 Å². The molecule has 0 bridgehead atoms. The second-order valence-corrected chi connectivity index (χ2v) is 4.52. The van der Waals surface area contributed by atoms with Crippen molar-refractivity contribution < 1.29 is 13.9 Å². The van der Waals surface area contributed by atoms with Gasteiger partial charge in [0.15, 0.2) is 0 Å². The number of furan rings is 1. The highest BCUT2D eigenvalue weighted by Crippen LogP contribution is 2.27. The second-order valence-electron chi connectivity index (χ2n) is 4.52. The van der Waals surface area contributed by atoms with Crippen LogP contribution in [0, 0.1) is 0 Å². The molecule has 0 N–H and O–H groups in total. The molecule has 0 aliphatic heterocycles. The van der Waals surface area contributed by atoms with Crippen LogP contribution in [-0.2, 0) is 16.6 Å². The molecule has 1 aromatic heterocycles. The van der Waals surface area contributed by atoms with Gasteiger partial charge in [0.25, 0.3) is 0 Å². The molecule has 0 fully saturated rings. The van der Waals surface area contributed by atoms with E-state index in [0.29, 0.717) is 6.42 Å². The number of hydrogen-bond donors (Lipinski definition) is 0. The van der Waals surface area contributed by atoms with Crippen molar-refractivity contribution >= 4 is 6.29 Å². The van der Waals surface area contributed by atoms with Crippen molar-refractivity contribution in [2.24, 2.45) is 0 Å². The van der Waals surface area contributed by atoms with Gasteiger partial charge in [0.05, 0.1) is 18.8 Å². The fraction of sp³-hybridized carbons (Fsp3) is 0.267. The Labute approximate surface area is 106 Å². The lowest BCUT2D eigenvalue weighted by Gasteiger charge is -2.22. The molecule has 94 valence electrons. The molecule has 0 aliphatic carbocycles. The first-order valence-electron chi connectivity index (χ1n) is 5.81. The highest BCUT2D eigenvalue weighted by Gasteiger charge is 2.27. The highest BCUT2D eigenvalue weighted by atomic mass is 16.5. The minimum absolute atomic E-state index is 0.551. The predicted molar refractivity (Wildman–Crippen MR) is 68.8 cm³/mol. The van der Waals surface area contributed by atoms with Gasteiger partial charge in [0, 0.05) is 6.42 Å². The van der Waals surface area contributed by atoms with E-state index >= 15 is 0 Å². The molecule has 0 aliphatic rings. The summed E-state index contributed by atoms with van der Waals surface area (Å²) in [5, 5.41) is 0. The highest BCUT2D eigenvalue weighted by molar-refractivity contribution is 5.68. The summed E-state index contributed by atoms with van der Waals surface area (Å²) in [6.07, 6.45) is 3.14. The maximum atomic E-state index is 11.4. The van der Waals surface area contributed by atoms with Gasteiger partial charge in [-0.2, -0.15) is 0 Å². The fourth-order valence-corrected chi connectivity index (χ4v) is 1.96. The van der Waals surface area contributed by atoms with Gasteiger partial charge in [-0.15, -0.1) is 0 Å². The first-order chi connectivity index (χ1) is 8.68. The van der Waals surface area contributed by atoms with Gasteiger partial charge < -0.3 is 13.9 Å². The third kappa shape index (κ3) is 2.45. The van der Waals surface area contributed by atoms with Crippen molar-refractivity contribution in [1.82, 2.24) is 0 Å². The molecule has 3 heteroatoms. The molecule has 0 radical (unpaired) electrons. The summed E-state index contributed by atoms with van der Waals surface area (Å²) < 4.78 is 10.4. The summed E-state index contributed by atoms with van der Waals surface area (Å²) in [5.74, 6) is 1.59. The number of methoxy groups -OCH3 is 1. The first kappa shape index (κ1) is 12.4.